The third kappa shape index (κ3) is 3.14. The first-order chi connectivity index (χ1) is 9.13. The normalized spacial score (nSPS) is 10.9. The summed E-state index contributed by atoms with van der Waals surface area (Å²) in [6.07, 6.45) is 2.94. The van der Waals surface area contributed by atoms with Gasteiger partial charge in [-0.25, -0.2) is 9.67 Å². The Bertz CT molecular complexity index is 563. The van der Waals surface area contributed by atoms with E-state index in [1.807, 2.05) is 32.2 Å². The molecule has 0 saturated heterocycles. The maximum absolute atomic E-state index is 6.17. The first kappa shape index (κ1) is 14.0. The Morgan fingerprint density at radius 3 is 2.79 bits per heavy atom. The first-order valence-corrected chi connectivity index (χ1v) is 6.89. The van der Waals surface area contributed by atoms with Crippen LogP contribution in [-0.4, -0.2) is 21.3 Å². The fourth-order valence-corrected chi connectivity index (χ4v) is 2.06. The smallest absolute Gasteiger partial charge is 0.153 e. The highest BCUT2D eigenvalue weighted by Gasteiger charge is 2.11. The molecule has 2 rings (SSSR count). The Morgan fingerprint density at radius 2 is 2.16 bits per heavy atom. The van der Waals surface area contributed by atoms with Crippen molar-refractivity contribution in [2.45, 2.75) is 33.7 Å². The molecule has 0 radical (unpaired) electrons. The van der Waals surface area contributed by atoms with Gasteiger partial charge in [-0.15, -0.1) is 0 Å². The van der Waals surface area contributed by atoms with Gasteiger partial charge in [-0.2, -0.15) is 5.10 Å². The SMILES string of the molecule is CCCNCc1ccnc(-n2nc(C)c(Cl)c2C)c1. The Hall–Kier alpha value is -1.39. The molecule has 0 spiro atoms. The molecule has 0 fully saturated rings. The number of aromatic nitrogens is 3. The summed E-state index contributed by atoms with van der Waals surface area (Å²) >= 11 is 6.17. The zero-order valence-corrected chi connectivity index (χ0v) is 12.3. The zero-order chi connectivity index (χ0) is 13.8. The number of hydrogen-bond acceptors (Lipinski definition) is 3. The number of nitrogens with one attached hydrogen (secondary N) is 1. The molecule has 0 unspecified atom stereocenters. The highest BCUT2D eigenvalue weighted by Crippen LogP contribution is 2.21. The molecular formula is C14H19ClN4. The van der Waals surface area contributed by atoms with Crippen LogP contribution in [0.1, 0.15) is 30.3 Å². The summed E-state index contributed by atoms with van der Waals surface area (Å²) in [6.45, 7) is 7.87. The largest absolute Gasteiger partial charge is 0.313 e. The van der Waals surface area contributed by atoms with Gasteiger partial charge in [0.15, 0.2) is 5.82 Å². The predicted octanol–water partition coefficient (Wildman–Crippen LogP) is 3.04. The monoisotopic (exact) mass is 278 g/mol. The summed E-state index contributed by atoms with van der Waals surface area (Å²) in [5.41, 5.74) is 2.95. The second-order valence-corrected chi connectivity index (χ2v) is 4.97. The summed E-state index contributed by atoms with van der Waals surface area (Å²) < 4.78 is 1.79. The molecule has 0 saturated carbocycles. The van der Waals surface area contributed by atoms with E-state index in [-0.39, 0.29) is 0 Å². The lowest BCUT2D eigenvalue weighted by Gasteiger charge is -2.07. The predicted molar refractivity (Wildman–Crippen MR) is 77.8 cm³/mol. The fourth-order valence-electron chi connectivity index (χ4n) is 1.94. The molecule has 4 nitrogen and oxygen atoms in total. The van der Waals surface area contributed by atoms with Crippen LogP contribution in [0.4, 0.5) is 0 Å². The van der Waals surface area contributed by atoms with E-state index in [4.69, 9.17) is 11.6 Å². The van der Waals surface area contributed by atoms with E-state index in [0.29, 0.717) is 5.02 Å². The van der Waals surface area contributed by atoms with E-state index < -0.39 is 0 Å². The van der Waals surface area contributed by atoms with Crippen molar-refractivity contribution in [3.63, 3.8) is 0 Å². The minimum Gasteiger partial charge on any atom is -0.313 e. The third-order valence-electron chi connectivity index (χ3n) is 2.99. The summed E-state index contributed by atoms with van der Waals surface area (Å²) in [6, 6.07) is 4.05. The van der Waals surface area contributed by atoms with Gasteiger partial charge in [-0.1, -0.05) is 18.5 Å². The highest BCUT2D eigenvalue weighted by atomic mass is 35.5. The van der Waals surface area contributed by atoms with Crippen LogP contribution in [0.25, 0.3) is 5.82 Å². The number of aryl methyl sites for hydroxylation is 1. The molecule has 0 aliphatic heterocycles. The van der Waals surface area contributed by atoms with Gasteiger partial charge in [0.05, 0.1) is 16.4 Å². The van der Waals surface area contributed by atoms with Gasteiger partial charge in [0.2, 0.25) is 0 Å². The van der Waals surface area contributed by atoms with Crippen molar-refractivity contribution in [3.8, 4) is 5.82 Å². The van der Waals surface area contributed by atoms with Crippen LogP contribution in [-0.2, 0) is 6.54 Å². The molecule has 2 aromatic heterocycles. The van der Waals surface area contributed by atoms with Crippen molar-refractivity contribution in [2.24, 2.45) is 0 Å². The molecule has 102 valence electrons. The van der Waals surface area contributed by atoms with Gasteiger partial charge in [0, 0.05) is 12.7 Å². The van der Waals surface area contributed by atoms with Crippen LogP contribution in [0.2, 0.25) is 5.02 Å². The molecule has 1 N–H and O–H groups in total. The summed E-state index contributed by atoms with van der Waals surface area (Å²) in [4.78, 5) is 4.37. The zero-order valence-electron chi connectivity index (χ0n) is 11.6. The van der Waals surface area contributed by atoms with Gasteiger partial charge in [0.1, 0.15) is 0 Å². The van der Waals surface area contributed by atoms with Crippen LogP contribution in [0, 0.1) is 13.8 Å². The third-order valence-corrected chi connectivity index (χ3v) is 3.53. The quantitative estimate of drug-likeness (QED) is 0.855. The van der Waals surface area contributed by atoms with Gasteiger partial charge < -0.3 is 5.32 Å². The second-order valence-electron chi connectivity index (χ2n) is 4.60. The number of hydrogen-bond donors (Lipinski definition) is 1. The van der Waals surface area contributed by atoms with E-state index in [1.54, 1.807) is 4.68 Å². The molecule has 19 heavy (non-hydrogen) atoms. The second kappa shape index (κ2) is 6.17. The van der Waals surface area contributed by atoms with E-state index >= 15 is 0 Å². The van der Waals surface area contributed by atoms with Crippen LogP contribution in [0.5, 0.6) is 0 Å². The van der Waals surface area contributed by atoms with Crippen LogP contribution in [0.3, 0.4) is 0 Å². The van der Waals surface area contributed by atoms with Gasteiger partial charge in [-0.3, -0.25) is 0 Å². The van der Waals surface area contributed by atoms with Gasteiger partial charge in [0.25, 0.3) is 0 Å². The van der Waals surface area contributed by atoms with Crippen molar-refractivity contribution in [1.82, 2.24) is 20.1 Å². The molecule has 2 heterocycles. The van der Waals surface area contributed by atoms with E-state index in [2.05, 4.69) is 22.3 Å². The van der Waals surface area contributed by atoms with Crippen molar-refractivity contribution in [1.29, 1.82) is 0 Å². The minimum absolute atomic E-state index is 0.705. The molecule has 0 aliphatic carbocycles. The maximum atomic E-state index is 6.17. The summed E-state index contributed by atoms with van der Waals surface area (Å²) in [5.74, 6) is 0.809. The minimum atomic E-state index is 0.705. The molecular weight excluding hydrogens is 260 g/mol. The van der Waals surface area contributed by atoms with Crippen molar-refractivity contribution < 1.29 is 0 Å². The molecule has 0 amide bonds. The lowest BCUT2D eigenvalue weighted by atomic mass is 10.2. The van der Waals surface area contributed by atoms with Gasteiger partial charge >= 0.3 is 0 Å². The Balaban J connectivity index is 2.25. The van der Waals surface area contributed by atoms with E-state index in [1.165, 1.54) is 5.56 Å². The number of pyridine rings is 1. The average Bonchev–Trinajstić information content (AvgIpc) is 2.67. The van der Waals surface area contributed by atoms with Gasteiger partial charge in [-0.05, 0) is 44.5 Å². The molecule has 0 bridgehead atoms. The van der Waals surface area contributed by atoms with Crippen molar-refractivity contribution >= 4 is 11.6 Å². The lowest BCUT2D eigenvalue weighted by Crippen LogP contribution is -2.14. The summed E-state index contributed by atoms with van der Waals surface area (Å²) in [7, 11) is 0. The number of rotatable bonds is 5. The Labute approximate surface area is 118 Å². The number of halogens is 1. The van der Waals surface area contributed by atoms with Crippen molar-refractivity contribution in [2.75, 3.05) is 6.54 Å². The van der Waals surface area contributed by atoms with Crippen LogP contribution < -0.4 is 5.32 Å². The average molecular weight is 279 g/mol. The molecule has 0 aliphatic rings. The Kier molecular flexibility index (Phi) is 4.56. The van der Waals surface area contributed by atoms with Crippen LogP contribution in [0.15, 0.2) is 18.3 Å². The molecule has 0 aromatic carbocycles. The maximum Gasteiger partial charge on any atom is 0.153 e. The molecule has 5 heteroatoms. The molecule has 0 atom stereocenters. The summed E-state index contributed by atoms with van der Waals surface area (Å²) in [5, 5.41) is 8.50. The van der Waals surface area contributed by atoms with Crippen LogP contribution >= 0.6 is 11.6 Å². The number of nitrogens with zero attached hydrogens (tertiary/aromatic N) is 3. The lowest BCUT2D eigenvalue weighted by molar-refractivity contribution is 0.673. The highest BCUT2D eigenvalue weighted by molar-refractivity contribution is 6.31. The first-order valence-electron chi connectivity index (χ1n) is 6.51. The van der Waals surface area contributed by atoms with E-state index in [0.717, 1.165) is 36.7 Å². The molecule has 2 aromatic rings. The Morgan fingerprint density at radius 1 is 1.37 bits per heavy atom. The standard InChI is InChI=1S/C14H19ClN4/c1-4-6-16-9-12-5-7-17-13(8-12)19-11(3)14(15)10(2)18-19/h5,7-8,16H,4,6,9H2,1-3H3. The fraction of sp³-hybridized carbons (Fsp3) is 0.429. The van der Waals surface area contributed by atoms with Crippen molar-refractivity contribution in [3.05, 3.63) is 40.3 Å². The topological polar surface area (TPSA) is 42.7 Å². The van der Waals surface area contributed by atoms with E-state index in [9.17, 15) is 0 Å².